The third-order valence-electron chi connectivity index (χ3n) is 2.30. The molecule has 0 aliphatic heterocycles. The maximum atomic E-state index is 11.7. The number of carbonyl (C=O) groups is 2. The van der Waals surface area contributed by atoms with E-state index >= 15 is 0 Å². The van der Waals surface area contributed by atoms with E-state index in [1.165, 1.54) is 19.2 Å². The first-order chi connectivity index (χ1) is 8.45. The lowest BCUT2D eigenvalue weighted by atomic mass is 10.1. The van der Waals surface area contributed by atoms with Gasteiger partial charge in [-0.25, -0.2) is 0 Å². The van der Waals surface area contributed by atoms with Crippen LogP contribution in [0.25, 0.3) is 0 Å². The second kappa shape index (κ2) is 6.26. The molecule has 0 saturated carbocycles. The number of rotatable bonds is 4. The third kappa shape index (κ3) is 3.63. The molecule has 1 aromatic carbocycles. The highest BCUT2D eigenvalue weighted by Gasteiger charge is 2.18. The number of nitrogens with one attached hydrogen (secondary N) is 1. The summed E-state index contributed by atoms with van der Waals surface area (Å²) in [6.45, 7) is 1.73. The standard InChI is InChI=1S/C12H14ClNO4/c1-7-3-4-8(10(15)5-7)11(16)14-6-9(13)12(17)18-2/h3-5,9,15H,6H2,1-2H3,(H,14,16). The number of amides is 1. The molecular formula is C12H14ClNO4. The number of hydrogen-bond acceptors (Lipinski definition) is 4. The lowest BCUT2D eigenvalue weighted by Crippen LogP contribution is -2.34. The zero-order chi connectivity index (χ0) is 13.7. The van der Waals surface area contributed by atoms with E-state index in [0.717, 1.165) is 5.56 Å². The largest absolute Gasteiger partial charge is 0.507 e. The van der Waals surface area contributed by atoms with E-state index in [2.05, 4.69) is 10.1 Å². The summed E-state index contributed by atoms with van der Waals surface area (Å²) in [7, 11) is 1.21. The lowest BCUT2D eigenvalue weighted by molar-refractivity contribution is -0.140. The predicted octanol–water partition coefficient (Wildman–Crippen LogP) is 1.21. The van der Waals surface area contributed by atoms with Gasteiger partial charge in [0.2, 0.25) is 0 Å². The second-order valence-electron chi connectivity index (χ2n) is 3.72. The van der Waals surface area contributed by atoms with Crippen molar-refractivity contribution in [2.24, 2.45) is 0 Å². The van der Waals surface area contributed by atoms with Crippen molar-refractivity contribution >= 4 is 23.5 Å². The van der Waals surface area contributed by atoms with Gasteiger partial charge < -0.3 is 15.2 Å². The molecule has 0 aliphatic carbocycles. The monoisotopic (exact) mass is 271 g/mol. The highest BCUT2D eigenvalue weighted by atomic mass is 35.5. The number of carbonyl (C=O) groups excluding carboxylic acids is 2. The number of alkyl halides is 1. The first-order valence-corrected chi connectivity index (χ1v) is 5.69. The van der Waals surface area contributed by atoms with Gasteiger partial charge in [-0.1, -0.05) is 6.07 Å². The van der Waals surface area contributed by atoms with Crippen LogP contribution in [0.1, 0.15) is 15.9 Å². The molecule has 0 spiro atoms. The summed E-state index contributed by atoms with van der Waals surface area (Å²) < 4.78 is 4.42. The topological polar surface area (TPSA) is 75.6 Å². The number of hydrogen-bond donors (Lipinski definition) is 2. The van der Waals surface area contributed by atoms with Gasteiger partial charge in [-0.15, -0.1) is 11.6 Å². The Balaban J connectivity index is 2.63. The summed E-state index contributed by atoms with van der Waals surface area (Å²) in [6.07, 6.45) is 0. The Morgan fingerprint density at radius 1 is 1.50 bits per heavy atom. The number of ether oxygens (including phenoxy) is 1. The first kappa shape index (κ1) is 14.3. The van der Waals surface area contributed by atoms with Crippen LogP contribution in [0.15, 0.2) is 18.2 Å². The van der Waals surface area contributed by atoms with Crippen molar-refractivity contribution in [3.63, 3.8) is 0 Å². The minimum atomic E-state index is -0.952. The van der Waals surface area contributed by atoms with E-state index in [-0.39, 0.29) is 17.9 Å². The van der Waals surface area contributed by atoms with Crippen molar-refractivity contribution in [1.82, 2.24) is 5.32 Å². The van der Waals surface area contributed by atoms with E-state index in [1.54, 1.807) is 13.0 Å². The molecule has 0 aliphatic rings. The fourth-order valence-corrected chi connectivity index (χ4v) is 1.49. The van der Waals surface area contributed by atoms with Crippen LogP contribution in [0.2, 0.25) is 0 Å². The number of methoxy groups -OCH3 is 1. The van der Waals surface area contributed by atoms with Crippen LogP contribution in [-0.2, 0) is 9.53 Å². The molecule has 0 saturated heterocycles. The smallest absolute Gasteiger partial charge is 0.325 e. The van der Waals surface area contributed by atoms with Crippen molar-refractivity contribution in [1.29, 1.82) is 0 Å². The summed E-state index contributed by atoms with van der Waals surface area (Å²) in [4.78, 5) is 22.7. The quantitative estimate of drug-likeness (QED) is 0.638. The van der Waals surface area contributed by atoms with E-state index < -0.39 is 17.3 Å². The highest BCUT2D eigenvalue weighted by molar-refractivity contribution is 6.30. The molecule has 0 bridgehead atoms. The van der Waals surface area contributed by atoms with E-state index in [0.29, 0.717) is 0 Å². The SMILES string of the molecule is COC(=O)C(Cl)CNC(=O)c1ccc(C)cc1O. The Morgan fingerprint density at radius 2 is 2.17 bits per heavy atom. The Hall–Kier alpha value is -1.75. The Labute approximate surface area is 110 Å². The fourth-order valence-electron chi connectivity index (χ4n) is 1.32. The number of benzene rings is 1. The van der Waals surface area contributed by atoms with Gasteiger partial charge in [-0.2, -0.15) is 0 Å². The van der Waals surface area contributed by atoms with Crippen LogP contribution in [0.5, 0.6) is 5.75 Å². The zero-order valence-corrected chi connectivity index (χ0v) is 10.8. The molecule has 1 unspecified atom stereocenters. The predicted molar refractivity (Wildman–Crippen MR) is 66.8 cm³/mol. The van der Waals surface area contributed by atoms with Gasteiger partial charge in [0.05, 0.1) is 12.7 Å². The molecule has 98 valence electrons. The van der Waals surface area contributed by atoms with Crippen LogP contribution in [0.4, 0.5) is 0 Å². The Kier molecular flexibility index (Phi) is 4.97. The fraction of sp³-hybridized carbons (Fsp3) is 0.333. The first-order valence-electron chi connectivity index (χ1n) is 5.25. The zero-order valence-electron chi connectivity index (χ0n) is 10.1. The van der Waals surface area contributed by atoms with Crippen LogP contribution in [0, 0.1) is 6.92 Å². The molecule has 0 radical (unpaired) electrons. The maximum Gasteiger partial charge on any atom is 0.325 e. The summed E-state index contributed by atoms with van der Waals surface area (Å²) in [5.41, 5.74) is 0.975. The average molecular weight is 272 g/mol. The average Bonchev–Trinajstić information content (AvgIpc) is 2.34. The second-order valence-corrected chi connectivity index (χ2v) is 4.25. The van der Waals surface area contributed by atoms with Gasteiger partial charge in [0.1, 0.15) is 11.1 Å². The van der Waals surface area contributed by atoms with Gasteiger partial charge in [0.25, 0.3) is 5.91 Å². The lowest BCUT2D eigenvalue weighted by Gasteiger charge is -2.10. The molecule has 0 fully saturated rings. The van der Waals surface area contributed by atoms with Crippen molar-refractivity contribution in [3.05, 3.63) is 29.3 Å². The van der Waals surface area contributed by atoms with Gasteiger partial charge in [0, 0.05) is 6.54 Å². The molecular weight excluding hydrogens is 258 g/mol. The minimum Gasteiger partial charge on any atom is -0.507 e. The van der Waals surface area contributed by atoms with E-state index in [9.17, 15) is 14.7 Å². The third-order valence-corrected chi connectivity index (χ3v) is 2.63. The number of halogens is 1. The number of phenolic OH excluding ortho intramolecular Hbond substituents is 1. The van der Waals surface area contributed by atoms with Gasteiger partial charge in [-0.3, -0.25) is 9.59 Å². The molecule has 5 nitrogen and oxygen atoms in total. The molecule has 1 aromatic rings. The van der Waals surface area contributed by atoms with E-state index in [4.69, 9.17) is 11.6 Å². The summed E-state index contributed by atoms with van der Waals surface area (Å²) in [6, 6.07) is 4.68. The molecule has 6 heteroatoms. The summed E-state index contributed by atoms with van der Waals surface area (Å²) in [5.74, 6) is -1.23. The van der Waals surface area contributed by atoms with Crippen molar-refractivity contribution in [2.75, 3.05) is 13.7 Å². The number of aryl methyl sites for hydroxylation is 1. The normalized spacial score (nSPS) is 11.7. The molecule has 18 heavy (non-hydrogen) atoms. The van der Waals surface area contributed by atoms with Crippen LogP contribution in [0.3, 0.4) is 0 Å². The van der Waals surface area contributed by atoms with Gasteiger partial charge in [-0.05, 0) is 24.6 Å². The molecule has 1 amide bonds. The number of esters is 1. The molecule has 2 N–H and O–H groups in total. The van der Waals surface area contributed by atoms with Crippen molar-refractivity contribution in [3.8, 4) is 5.75 Å². The highest BCUT2D eigenvalue weighted by Crippen LogP contribution is 2.18. The molecule has 1 atom stereocenters. The number of phenols is 1. The van der Waals surface area contributed by atoms with Crippen LogP contribution < -0.4 is 5.32 Å². The van der Waals surface area contributed by atoms with Gasteiger partial charge in [0.15, 0.2) is 0 Å². The number of aromatic hydroxyl groups is 1. The van der Waals surface area contributed by atoms with E-state index in [1.807, 2.05) is 0 Å². The van der Waals surface area contributed by atoms with Crippen LogP contribution >= 0.6 is 11.6 Å². The summed E-state index contributed by atoms with van der Waals surface area (Å²) >= 11 is 5.68. The summed E-state index contributed by atoms with van der Waals surface area (Å²) in [5, 5.41) is 11.1. The van der Waals surface area contributed by atoms with Crippen LogP contribution in [-0.4, -0.2) is 36.0 Å². The minimum absolute atomic E-state index is 0.0691. The van der Waals surface area contributed by atoms with Gasteiger partial charge >= 0.3 is 5.97 Å². The molecule has 0 aromatic heterocycles. The van der Waals surface area contributed by atoms with Crippen molar-refractivity contribution in [2.45, 2.75) is 12.3 Å². The Morgan fingerprint density at radius 3 is 2.72 bits per heavy atom. The molecule has 0 heterocycles. The van der Waals surface area contributed by atoms with Crippen molar-refractivity contribution < 1.29 is 19.4 Å². The molecule has 1 rings (SSSR count). The Bertz CT molecular complexity index is 461. The maximum absolute atomic E-state index is 11.7.